The Balaban J connectivity index is 1.53. The number of nitrogens with zero attached hydrogens (tertiary/aromatic N) is 2. The number of aromatic nitrogens is 1. The molecule has 0 bridgehead atoms. The molecule has 0 radical (unpaired) electrons. The minimum atomic E-state index is -0.184. The van der Waals surface area contributed by atoms with Crippen molar-refractivity contribution >= 4 is 22.7 Å². The Hall–Kier alpha value is -3.21. The maximum absolute atomic E-state index is 13.3. The lowest BCUT2D eigenvalue weighted by atomic mass is 9.95. The van der Waals surface area contributed by atoms with Gasteiger partial charge in [-0.3, -0.25) is 14.6 Å². The average Bonchev–Trinajstić information content (AvgIpc) is 2.79. The predicted molar refractivity (Wildman–Crippen MR) is 118 cm³/mol. The van der Waals surface area contributed by atoms with E-state index < -0.39 is 0 Å². The molecule has 1 fully saturated rings. The Kier molecular flexibility index (Phi) is 6.38. The Morgan fingerprint density at radius 2 is 1.70 bits per heavy atom. The number of benzene rings is 2. The second-order valence-electron chi connectivity index (χ2n) is 7.97. The van der Waals surface area contributed by atoms with Crippen LogP contribution in [-0.4, -0.2) is 34.3 Å². The minimum Gasteiger partial charge on any atom is -0.352 e. The van der Waals surface area contributed by atoms with Gasteiger partial charge in [-0.15, -0.1) is 0 Å². The molecule has 0 saturated heterocycles. The summed E-state index contributed by atoms with van der Waals surface area (Å²) < 4.78 is 0. The highest BCUT2D eigenvalue weighted by Gasteiger charge is 2.22. The maximum Gasteiger partial charge on any atom is 0.256 e. The van der Waals surface area contributed by atoms with Crippen LogP contribution in [0.15, 0.2) is 66.9 Å². The predicted octanol–water partition coefficient (Wildman–Crippen LogP) is 4.33. The number of carbonyl (C=O) groups excluding carboxylic acids is 2. The number of nitrogens with one attached hydrogen (secondary N) is 1. The summed E-state index contributed by atoms with van der Waals surface area (Å²) in [7, 11) is 0. The van der Waals surface area contributed by atoms with Crippen LogP contribution >= 0.6 is 0 Å². The number of fused-ring (bicyclic) bond motifs is 1. The number of hydrogen-bond acceptors (Lipinski definition) is 3. The van der Waals surface area contributed by atoms with E-state index in [4.69, 9.17) is 0 Å². The van der Waals surface area contributed by atoms with Crippen LogP contribution in [0.4, 0.5) is 0 Å². The number of rotatable bonds is 6. The van der Waals surface area contributed by atoms with E-state index in [1.54, 1.807) is 11.1 Å². The second-order valence-corrected chi connectivity index (χ2v) is 7.97. The fourth-order valence-electron chi connectivity index (χ4n) is 4.07. The summed E-state index contributed by atoms with van der Waals surface area (Å²) in [5.74, 6) is -0.282. The third-order valence-corrected chi connectivity index (χ3v) is 5.65. The Labute approximate surface area is 177 Å². The van der Waals surface area contributed by atoms with Crippen molar-refractivity contribution in [3.8, 4) is 0 Å². The van der Waals surface area contributed by atoms with Crippen molar-refractivity contribution in [2.75, 3.05) is 6.54 Å². The van der Waals surface area contributed by atoms with Gasteiger partial charge in [-0.05, 0) is 30.5 Å². The van der Waals surface area contributed by atoms with Crippen LogP contribution in [0.2, 0.25) is 0 Å². The number of pyridine rings is 1. The standard InChI is InChI=1S/C25H27N3O2/c29-24(27-22-12-5-2-6-13-22)18-28(17-19-9-3-1-4-10-19)25(30)21-15-20-11-7-8-14-23(20)26-16-21/h1,3-4,7-11,14-16,22H,2,5-6,12-13,17-18H2,(H,27,29). The minimum absolute atomic E-state index is 0.0387. The van der Waals surface area contributed by atoms with Gasteiger partial charge in [0.05, 0.1) is 11.1 Å². The maximum atomic E-state index is 13.3. The molecular formula is C25H27N3O2. The molecule has 1 aliphatic carbocycles. The van der Waals surface area contributed by atoms with Gasteiger partial charge in [-0.25, -0.2) is 0 Å². The van der Waals surface area contributed by atoms with E-state index in [0.29, 0.717) is 12.1 Å². The highest BCUT2D eigenvalue weighted by molar-refractivity contribution is 5.99. The molecule has 3 aromatic rings. The second kappa shape index (κ2) is 9.53. The van der Waals surface area contributed by atoms with E-state index in [1.807, 2.05) is 60.7 Å². The Bertz CT molecular complexity index is 1010. The van der Waals surface area contributed by atoms with Gasteiger partial charge in [0.15, 0.2) is 0 Å². The molecule has 4 rings (SSSR count). The topological polar surface area (TPSA) is 62.3 Å². The highest BCUT2D eigenvalue weighted by atomic mass is 16.2. The monoisotopic (exact) mass is 401 g/mol. The summed E-state index contributed by atoms with van der Waals surface area (Å²) in [6.07, 6.45) is 7.18. The summed E-state index contributed by atoms with van der Waals surface area (Å²) in [6.45, 7) is 0.418. The molecular weight excluding hydrogens is 374 g/mol. The van der Waals surface area contributed by atoms with E-state index in [1.165, 1.54) is 6.42 Å². The zero-order valence-corrected chi connectivity index (χ0v) is 17.1. The lowest BCUT2D eigenvalue weighted by molar-refractivity contribution is -0.122. The Morgan fingerprint density at radius 1 is 0.967 bits per heavy atom. The van der Waals surface area contributed by atoms with Gasteiger partial charge >= 0.3 is 0 Å². The van der Waals surface area contributed by atoms with Crippen LogP contribution in [0.1, 0.15) is 48.0 Å². The van der Waals surface area contributed by atoms with Crippen LogP contribution in [0.5, 0.6) is 0 Å². The van der Waals surface area contributed by atoms with Crippen molar-refractivity contribution < 1.29 is 9.59 Å². The molecule has 154 valence electrons. The smallest absolute Gasteiger partial charge is 0.256 e. The molecule has 30 heavy (non-hydrogen) atoms. The van der Waals surface area contributed by atoms with Crippen molar-refractivity contribution in [2.45, 2.75) is 44.7 Å². The molecule has 0 spiro atoms. The third kappa shape index (κ3) is 5.03. The molecule has 0 atom stereocenters. The normalized spacial score (nSPS) is 14.4. The summed E-state index contributed by atoms with van der Waals surface area (Å²) in [5, 5.41) is 4.03. The highest BCUT2D eigenvalue weighted by Crippen LogP contribution is 2.18. The third-order valence-electron chi connectivity index (χ3n) is 5.65. The molecule has 5 heteroatoms. The molecule has 1 heterocycles. The van der Waals surface area contributed by atoms with Crippen LogP contribution in [0.3, 0.4) is 0 Å². The first-order chi connectivity index (χ1) is 14.7. The van der Waals surface area contributed by atoms with Crippen LogP contribution < -0.4 is 5.32 Å². The van der Waals surface area contributed by atoms with Crippen LogP contribution in [0.25, 0.3) is 10.9 Å². The molecule has 0 unspecified atom stereocenters. The van der Waals surface area contributed by atoms with Gasteiger partial charge in [-0.1, -0.05) is 67.8 Å². The molecule has 5 nitrogen and oxygen atoms in total. The fraction of sp³-hybridized carbons (Fsp3) is 0.320. The van der Waals surface area contributed by atoms with Crippen molar-refractivity contribution in [1.82, 2.24) is 15.2 Å². The zero-order chi connectivity index (χ0) is 20.8. The number of amides is 2. The molecule has 0 aliphatic heterocycles. The molecule has 1 aliphatic rings. The van der Waals surface area contributed by atoms with Crippen molar-refractivity contribution in [1.29, 1.82) is 0 Å². The molecule has 2 amide bonds. The first-order valence-electron chi connectivity index (χ1n) is 10.7. The van der Waals surface area contributed by atoms with Gasteiger partial charge in [-0.2, -0.15) is 0 Å². The Morgan fingerprint density at radius 3 is 2.50 bits per heavy atom. The molecule has 1 saturated carbocycles. The van der Waals surface area contributed by atoms with Gasteiger partial charge in [0.25, 0.3) is 5.91 Å². The number of carbonyl (C=O) groups is 2. The van der Waals surface area contributed by atoms with Gasteiger partial charge in [0.1, 0.15) is 6.54 Å². The van der Waals surface area contributed by atoms with Crippen molar-refractivity contribution in [3.63, 3.8) is 0 Å². The van der Waals surface area contributed by atoms with E-state index in [0.717, 1.165) is 42.1 Å². The van der Waals surface area contributed by atoms with Crippen molar-refractivity contribution in [2.24, 2.45) is 0 Å². The lowest BCUT2D eigenvalue weighted by Crippen LogP contribution is -2.44. The van der Waals surface area contributed by atoms with Crippen LogP contribution in [-0.2, 0) is 11.3 Å². The largest absolute Gasteiger partial charge is 0.352 e. The summed E-state index contributed by atoms with van der Waals surface area (Å²) in [5.41, 5.74) is 2.33. The number of hydrogen-bond donors (Lipinski definition) is 1. The first-order valence-corrected chi connectivity index (χ1v) is 10.7. The molecule has 1 N–H and O–H groups in total. The summed E-state index contributed by atoms with van der Waals surface area (Å²) in [4.78, 5) is 32.1. The van der Waals surface area contributed by atoms with Gasteiger partial charge in [0, 0.05) is 24.2 Å². The van der Waals surface area contributed by atoms with E-state index in [-0.39, 0.29) is 24.4 Å². The van der Waals surface area contributed by atoms with Gasteiger partial charge in [0.2, 0.25) is 5.91 Å². The molecule has 1 aromatic heterocycles. The first kappa shape index (κ1) is 20.1. The van der Waals surface area contributed by atoms with Gasteiger partial charge < -0.3 is 10.2 Å². The SMILES string of the molecule is O=C(CN(Cc1ccccc1)C(=O)c1cnc2ccccc2c1)NC1CCCCC1. The zero-order valence-electron chi connectivity index (χ0n) is 17.1. The van der Waals surface area contributed by atoms with E-state index >= 15 is 0 Å². The van der Waals surface area contributed by atoms with E-state index in [9.17, 15) is 9.59 Å². The summed E-state index contributed by atoms with van der Waals surface area (Å²) >= 11 is 0. The van der Waals surface area contributed by atoms with Crippen LogP contribution in [0, 0.1) is 0 Å². The lowest BCUT2D eigenvalue weighted by Gasteiger charge is -2.26. The fourth-order valence-corrected chi connectivity index (χ4v) is 4.07. The number of para-hydroxylation sites is 1. The van der Waals surface area contributed by atoms with Crippen molar-refractivity contribution in [3.05, 3.63) is 78.0 Å². The summed E-state index contributed by atoms with van der Waals surface area (Å²) in [6, 6.07) is 19.6. The average molecular weight is 402 g/mol. The molecule has 2 aromatic carbocycles. The van der Waals surface area contributed by atoms with E-state index in [2.05, 4.69) is 10.3 Å². The quantitative estimate of drug-likeness (QED) is 0.669.